The van der Waals surface area contributed by atoms with Gasteiger partial charge in [-0.1, -0.05) is 60.0 Å². The molecular weight excluding hydrogens is 570 g/mol. The minimum atomic E-state index is -0.730. The van der Waals surface area contributed by atoms with E-state index in [9.17, 15) is 19.2 Å². The number of likely N-dealkylation sites (N-methyl/N-ethyl adjacent to an activating group) is 1. The van der Waals surface area contributed by atoms with Crippen molar-refractivity contribution in [2.75, 3.05) is 33.3 Å². The zero-order chi connectivity index (χ0) is 33.9. The summed E-state index contributed by atoms with van der Waals surface area (Å²) in [5.41, 5.74) is -0.0215. The van der Waals surface area contributed by atoms with Gasteiger partial charge in [0.25, 0.3) is 0 Å². The van der Waals surface area contributed by atoms with E-state index in [1.807, 2.05) is 40.7 Å². The van der Waals surface area contributed by atoms with Crippen molar-refractivity contribution in [1.29, 1.82) is 0 Å². The molecule has 0 aromatic carbocycles. The molecule has 0 spiro atoms. The lowest BCUT2D eigenvalue weighted by Gasteiger charge is -2.41. The van der Waals surface area contributed by atoms with Crippen LogP contribution in [0.1, 0.15) is 113 Å². The van der Waals surface area contributed by atoms with E-state index in [0.29, 0.717) is 25.1 Å². The summed E-state index contributed by atoms with van der Waals surface area (Å²) in [6, 6.07) is -1.61. The Kier molecular flexibility index (Phi) is 15.5. The van der Waals surface area contributed by atoms with Crippen LogP contribution in [0.2, 0.25) is 0 Å². The van der Waals surface area contributed by atoms with Gasteiger partial charge in [-0.25, -0.2) is 0 Å². The van der Waals surface area contributed by atoms with Crippen LogP contribution in [0.3, 0.4) is 0 Å². The van der Waals surface area contributed by atoms with Gasteiger partial charge in [0.05, 0.1) is 12.1 Å². The highest BCUT2D eigenvalue weighted by Crippen LogP contribution is 2.27. The highest BCUT2D eigenvalue weighted by molar-refractivity contribution is 5.97. The van der Waals surface area contributed by atoms with Crippen LogP contribution < -0.4 is 10.6 Å². The number of aliphatic hydroxyl groups excluding tert-OH is 1. The molecule has 2 rings (SSSR count). The fourth-order valence-corrected chi connectivity index (χ4v) is 6.60. The van der Waals surface area contributed by atoms with Crippen molar-refractivity contribution in [2.45, 2.75) is 143 Å². The third-order valence-corrected chi connectivity index (χ3v) is 9.35. The zero-order valence-electron chi connectivity index (χ0n) is 29.7. The largest absolute Gasteiger partial charge is 0.396 e. The summed E-state index contributed by atoms with van der Waals surface area (Å²) >= 11 is 0. The van der Waals surface area contributed by atoms with E-state index in [-0.39, 0.29) is 54.3 Å². The van der Waals surface area contributed by atoms with Crippen LogP contribution in [-0.4, -0.2) is 107 Å². The van der Waals surface area contributed by atoms with Crippen LogP contribution >= 0.6 is 0 Å². The maximum Gasteiger partial charge on any atom is 0.249 e. The Labute approximate surface area is 272 Å². The molecule has 4 atom stereocenters. The van der Waals surface area contributed by atoms with Crippen molar-refractivity contribution in [2.24, 2.45) is 11.3 Å². The number of likely N-dealkylation sites (tertiary alicyclic amines) is 2. The van der Waals surface area contributed by atoms with Crippen molar-refractivity contribution in [3.05, 3.63) is 11.6 Å². The van der Waals surface area contributed by atoms with Crippen LogP contribution in [0.15, 0.2) is 11.6 Å². The van der Waals surface area contributed by atoms with Gasteiger partial charge in [0.15, 0.2) is 0 Å². The predicted octanol–water partition coefficient (Wildman–Crippen LogP) is 3.87. The Morgan fingerprint density at radius 3 is 2.16 bits per heavy atom. The van der Waals surface area contributed by atoms with Gasteiger partial charge in [0, 0.05) is 38.4 Å². The molecule has 4 amide bonds. The highest BCUT2D eigenvalue weighted by atomic mass is 16.3. The lowest BCUT2D eigenvalue weighted by Crippen LogP contribution is -2.60. The minimum absolute atomic E-state index is 0.0105. The second kappa shape index (κ2) is 18.0. The molecule has 2 aliphatic heterocycles. The fourth-order valence-electron chi connectivity index (χ4n) is 6.60. The Bertz CT molecular complexity index is 1020. The number of piperidine rings is 1. The summed E-state index contributed by atoms with van der Waals surface area (Å²) in [5.74, 6) is -0.585. The number of carbonyl (C=O) groups excluding carboxylic acids is 4. The molecule has 0 aromatic heterocycles. The molecule has 45 heavy (non-hydrogen) atoms. The van der Waals surface area contributed by atoms with Gasteiger partial charge in [-0.3, -0.25) is 24.1 Å². The summed E-state index contributed by atoms with van der Waals surface area (Å²) in [6.45, 7) is 18.0. The SMILES string of the molecule is C/C(=C\[C@H](C(C)C)N(C)C(=O)[C@@H](NC(=O)C1CCCCN1C(C)C)C(C)(C)C)C(=O)N1CCC[C@H]1C(=O)NCCCCCCO. The van der Waals surface area contributed by atoms with E-state index in [1.165, 1.54) is 0 Å². The number of nitrogens with zero attached hydrogens (tertiary/aromatic N) is 3. The maximum absolute atomic E-state index is 14.1. The first kappa shape index (κ1) is 38.7. The number of rotatable bonds is 15. The molecule has 2 fully saturated rings. The van der Waals surface area contributed by atoms with E-state index in [4.69, 9.17) is 5.11 Å². The molecule has 10 heteroatoms. The fraction of sp³-hybridized carbons (Fsp3) is 0.829. The van der Waals surface area contributed by atoms with E-state index in [0.717, 1.165) is 57.9 Å². The average molecular weight is 634 g/mol. The highest BCUT2D eigenvalue weighted by Gasteiger charge is 2.40. The molecule has 2 aliphatic rings. The Hall–Kier alpha value is -2.46. The van der Waals surface area contributed by atoms with Crippen LogP contribution in [0.4, 0.5) is 0 Å². The molecular formula is C35H63N5O5. The minimum Gasteiger partial charge on any atom is -0.396 e. The molecule has 0 radical (unpaired) electrons. The van der Waals surface area contributed by atoms with Crippen LogP contribution in [0.5, 0.6) is 0 Å². The van der Waals surface area contributed by atoms with Crippen LogP contribution in [-0.2, 0) is 19.2 Å². The lowest BCUT2D eigenvalue weighted by atomic mass is 9.84. The smallest absolute Gasteiger partial charge is 0.249 e. The second-order valence-electron chi connectivity index (χ2n) is 14.8. The molecule has 258 valence electrons. The summed E-state index contributed by atoms with van der Waals surface area (Å²) in [4.78, 5) is 59.9. The Balaban J connectivity index is 2.16. The summed E-state index contributed by atoms with van der Waals surface area (Å²) in [6.07, 6.45) is 9.57. The molecule has 0 saturated carbocycles. The topological polar surface area (TPSA) is 122 Å². The van der Waals surface area contributed by atoms with Crippen molar-refractivity contribution in [3.63, 3.8) is 0 Å². The van der Waals surface area contributed by atoms with Crippen molar-refractivity contribution >= 4 is 23.6 Å². The summed E-state index contributed by atoms with van der Waals surface area (Å²) < 4.78 is 0. The van der Waals surface area contributed by atoms with Gasteiger partial charge >= 0.3 is 0 Å². The molecule has 3 N–H and O–H groups in total. The van der Waals surface area contributed by atoms with E-state index in [2.05, 4.69) is 29.4 Å². The average Bonchev–Trinajstić information content (AvgIpc) is 3.48. The van der Waals surface area contributed by atoms with Gasteiger partial charge in [-0.15, -0.1) is 0 Å². The quantitative estimate of drug-likeness (QED) is 0.186. The van der Waals surface area contributed by atoms with Crippen LogP contribution in [0, 0.1) is 11.3 Å². The standard InChI is InChI=1S/C35H63N5O5/c1-24(2)29(23-26(5)33(44)40-21-16-18-27(40)31(42)36-19-13-10-11-15-22-41)38(9)34(45)30(35(6,7)8)37-32(43)28-17-12-14-20-39(28)25(3)4/h23-25,27-30,41H,10-22H2,1-9H3,(H,36,42)(H,37,43)/b26-23+/t27-,28?,29+,30+/m0/s1. The van der Waals surface area contributed by atoms with Crippen molar-refractivity contribution in [3.8, 4) is 0 Å². The monoisotopic (exact) mass is 633 g/mol. The number of hydrogen-bond donors (Lipinski definition) is 3. The molecule has 0 aliphatic carbocycles. The summed E-state index contributed by atoms with van der Waals surface area (Å²) in [7, 11) is 1.75. The number of amides is 4. The van der Waals surface area contributed by atoms with Gasteiger partial charge in [0.2, 0.25) is 23.6 Å². The predicted molar refractivity (Wildman–Crippen MR) is 179 cm³/mol. The van der Waals surface area contributed by atoms with Gasteiger partial charge in [0.1, 0.15) is 12.1 Å². The second-order valence-corrected chi connectivity index (χ2v) is 14.8. The molecule has 0 aromatic rings. The first-order valence-corrected chi connectivity index (χ1v) is 17.3. The van der Waals surface area contributed by atoms with Crippen molar-refractivity contribution < 1.29 is 24.3 Å². The van der Waals surface area contributed by atoms with Crippen molar-refractivity contribution in [1.82, 2.24) is 25.3 Å². The zero-order valence-corrected chi connectivity index (χ0v) is 29.7. The van der Waals surface area contributed by atoms with Gasteiger partial charge < -0.3 is 25.5 Å². The Morgan fingerprint density at radius 2 is 1.56 bits per heavy atom. The van der Waals surface area contributed by atoms with E-state index < -0.39 is 17.5 Å². The van der Waals surface area contributed by atoms with Gasteiger partial charge in [-0.2, -0.15) is 0 Å². The van der Waals surface area contributed by atoms with Gasteiger partial charge in [-0.05, 0) is 77.2 Å². The number of unbranched alkanes of at least 4 members (excludes halogenated alkanes) is 3. The maximum atomic E-state index is 14.1. The van der Waals surface area contributed by atoms with Crippen LogP contribution in [0.25, 0.3) is 0 Å². The molecule has 1 unspecified atom stereocenters. The third kappa shape index (κ3) is 11.1. The number of carbonyl (C=O) groups is 4. The molecule has 10 nitrogen and oxygen atoms in total. The molecule has 2 heterocycles. The lowest BCUT2D eigenvalue weighted by molar-refractivity contribution is -0.142. The van der Waals surface area contributed by atoms with E-state index >= 15 is 0 Å². The third-order valence-electron chi connectivity index (χ3n) is 9.35. The number of hydrogen-bond acceptors (Lipinski definition) is 6. The molecule has 0 bridgehead atoms. The Morgan fingerprint density at radius 1 is 0.911 bits per heavy atom. The molecule has 2 saturated heterocycles. The summed E-state index contributed by atoms with van der Waals surface area (Å²) in [5, 5.41) is 15.1. The normalized spacial score (nSPS) is 21.2. The first-order valence-electron chi connectivity index (χ1n) is 17.3. The number of aliphatic hydroxyl groups is 1. The number of nitrogens with one attached hydrogen (secondary N) is 2. The first-order chi connectivity index (χ1) is 21.1. The van der Waals surface area contributed by atoms with E-state index in [1.54, 1.807) is 23.8 Å².